The molecule has 0 radical (unpaired) electrons. The summed E-state index contributed by atoms with van der Waals surface area (Å²) in [6.45, 7) is 5.90. The zero-order valence-corrected chi connectivity index (χ0v) is 37.3. The quantitative estimate of drug-likeness (QED) is 0.0661. The van der Waals surface area contributed by atoms with E-state index in [2.05, 4.69) is 119 Å². The van der Waals surface area contributed by atoms with Gasteiger partial charge in [0.25, 0.3) is 0 Å². The van der Waals surface area contributed by atoms with Crippen LogP contribution in [-0.2, 0) is 20.4 Å². The zero-order valence-electron chi connectivity index (χ0n) is 35.6. The summed E-state index contributed by atoms with van der Waals surface area (Å²) in [7, 11) is 0. The number of carbonyl (C=O) groups is 2. The summed E-state index contributed by atoms with van der Waals surface area (Å²) < 4.78 is 0. The fraction of sp³-hybridized carbons (Fsp3) is 0.296. The number of benzene rings is 6. The number of nitrogens with zero attached hydrogens (tertiary/aromatic N) is 2. The Morgan fingerprint density at radius 2 is 0.726 bits per heavy atom. The Bertz CT molecular complexity index is 2010. The van der Waals surface area contributed by atoms with E-state index in [1.807, 2.05) is 96.3 Å². The summed E-state index contributed by atoms with van der Waals surface area (Å²) in [4.78, 5) is 33.9. The van der Waals surface area contributed by atoms with Crippen molar-refractivity contribution in [2.24, 2.45) is 23.3 Å². The van der Waals surface area contributed by atoms with E-state index in [-0.39, 0.29) is 23.7 Å². The van der Waals surface area contributed by atoms with E-state index in [0.717, 1.165) is 98.7 Å². The fourth-order valence-electron chi connectivity index (χ4n) is 9.82. The van der Waals surface area contributed by atoms with Crippen molar-refractivity contribution in [1.82, 2.24) is 9.80 Å². The van der Waals surface area contributed by atoms with Gasteiger partial charge in [-0.1, -0.05) is 158 Å². The molecule has 0 unspecified atom stereocenters. The lowest BCUT2D eigenvalue weighted by atomic mass is 9.64. The molecule has 6 aromatic carbocycles. The number of thioether (sulfide) groups is 2. The third-order valence-electron chi connectivity index (χ3n) is 12.7. The second-order valence-corrected chi connectivity index (χ2v) is 18.7. The maximum absolute atomic E-state index is 13.1. The van der Waals surface area contributed by atoms with Crippen molar-refractivity contribution < 1.29 is 9.59 Å². The van der Waals surface area contributed by atoms with Gasteiger partial charge in [-0.3, -0.25) is 9.59 Å². The number of likely N-dealkylation sites (tertiary alicyclic amines) is 2. The van der Waals surface area contributed by atoms with E-state index in [1.165, 1.54) is 9.79 Å². The van der Waals surface area contributed by atoms with Crippen LogP contribution in [0.4, 0.5) is 0 Å². The Hall–Kier alpha value is -5.12. The summed E-state index contributed by atoms with van der Waals surface area (Å²) in [5.41, 5.74) is 14.8. The van der Waals surface area contributed by atoms with Crippen molar-refractivity contribution >= 4 is 35.3 Å². The second-order valence-electron chi connectivity index (χ2n) is 16.4. The third kappa shape index (κ3) is 10.6. The second kappa shape index (κ2) is 22.3. The molecule has 320 valence electrons. The van der Waals surface area contributed by atoms with Crippen LogP contribution in [-0.4, -0.2) is 72.4 Å². The molecule has 2 amide bonds. The fourth-order valence-corrected chi connectivity index (χ4v) is 11.5. The lowest BCUT2D eigenvalue weighted by molar-refractivity contribution is -0.124. The molecule has 6 aromatic rings. The minimum absolute atomic E-state index is 0.163. The van der Waals surface area contributed by atoms with Gasteiger partial charge in [0.2, 0.25) is 11.8 Å². The summed E-state index contributed by atoms with van der Waals surface area (Å²) in [6, 6.07) is 61.5. The molecular weight excluding hydrogens is 801 g/mol. The van der Waals surface area contributed by atoms with E-state index in [0.29, 0.717) is 0 Å². The highest BCUT2D eigenvalue weighted by atomic mass is 32.2. The molecule has 62 heavy (non-hydrogen) atoms. The molecule has 0 spiro atoms. The van der Waals surface area contributed by atoms with E-state index >= 15 is 0 Å². The first-order chi connectivity index (χ1) is 30.4. The van der Waals surface area contributed by atoms with Crippen LogP contribution in [0, 0.1) is 11.8 Å². The number of amides is 2. The third-order valence-corrected chi connectivity index (χ3v) is 14.9. The summed E-state index contributed by atoms with van der Waals surface area (Å²) in [5, 5.41) is 0. The molecule has 0 bridgehead atoms. The first-order valence-electron chi connectivity index (χ1n) is 22.0. The average molecular weight is 861 g/mol. The first kappa shape index (κ1) is 44.9. The molecular formula is C54H60N4O2S2. The molecule has 6 nitrogen and oxygen atoms in total. The normalized spacial score (nSPS) is 17.0. The van der Waals surface area contributed by atoms with Crippen molar-refractivity contribution in [2.45, 2.75) is 46.3 Å². The predicted octanol–water partition coefficient (Wildman–Crippen LogP) is 9.92. The summed E-state index contributed by atoms with van der Waals surface area (Å²) in [6.07, 6.45) is 4.20. The Morgan fingerprint density at radius 1 is 0.452 bits per heavy atom. The van der Waals surface area contributed by atoms with Gasteiger partial charge in [-0.2, -0.15) is 0 Å². The molecule has 2 aliphatic rings. The monoisotopic (exact) mass is 860 g/mol. The molecule has 0 aromatic heterocycles. The van der Waals surface area contributed by atoms with Gasteiger partial charge in [0.15, 0.2) is 0 Å². The van der Waals surface area contributed by atoms with E-state index in [9.17, 15) is 9.59 Å². The Kier molecular flexibility index (Phi) is 16.2. The lowest BCUT2D eigenvalue weighted by Crippen LogP contribution is -2.49. The largest absolute Gasteiger partial charge is 0.369 e. The van der Waals surface area contributed by atoms with Gasteiger partial charge in [-0.05, 0) is 122 Å². The standard InChI is InChI=1S/2C27H30N2OS/c2*28-26(30)27(22-11-4-1-5-12-22,23-13-6-2-7-14-23)24-17-19-29(21-24)18-10-20-31-25-15-8-3-9-16-25/h2*1-9,11-16,24H,10,17-21H2,(H2,28,30)/t2*24-/m10/s1. The molecule has 2 heterocycles. The number of nitrogens with two attached hydrogens (primary N) is 2. The van der Waals surface area contributed by atoms with Crippen LogP contribution in [0.15, 0.2) is 192 Å². The lowest BCUT2D eigenvalue weighted by Gasteiger charge is -2.37. The van der Waals surface area contributed by atoms with Crippen LogP contribution in [0.1, 0.15) is 47.9 Å². The van der Waals surface area contributed by atoms with Crippen molar-refractivity contribution in [1.29, 1.82) is 0 Å². The maximum Gasteiger partial charge on any atom is 0.232 e. The summed E-state index contributed by atoms with van der Waals surface area (Å²) in [5.74, 6) is 2.02. The van der Waals surface area contributed by atoms with Crippen molar-refractivity contribution in [3.8, 4) is 0 Å². The van der Waals surface area contributed by atoms with Gasteiger partial charge >= 0.3 is 0 Å². The van der Waals surface area contributed by atoms with Crippen molar-refractivity contribution in [2.75, 3.05) is 50.8 Å². The smallest absolute Gasteiger partial charge is 0.232 e. The van der Waals surface area contributed by atoms with Gasteiger partial charge < -0.3 is 21.3 Å². The summed E-state index contributed by atoms with van der Waals surface area (Å²) >= 11 is 3.82. The molecule has 2 aliphatic heterocycles. The molecule has 0 saturated carbocycles. The van der Waals surface area contributed by atoms with Crippen molar-refractivity contribution in [3.05, 3.63) is 204 Å². The molecule has 2 atom stereocenters. The average Bonchev–Trinajstić information content (AvgIpc) is 4.00. The Morgan fingerprint density at radius 3 is 1.00 bits per heavy atom. The topological polar surface area (TPSA) is 92.7 Å². The van der Waals surface area contributed by atoms with E-state index in [4.69, 9.17) is 11.5 Å². The highest BCUT2D eigenvalue weighted by molar-refractivity contribution is 7.99. The van der Waals surface area contributed by atoms with Gasteiger partial charge in [0.1, 0.15) is 10.8 Å². The highest BCUT2D eigenvalue weighted by Gasteiger charge is 2.50. The number of hydrogen-bond donors (Lipinski definition) is 2. The first-order valence-corrected chi connectivity index (χ1v) is 24.0. The zero-order chi connectivity index (χ0) is 43.0. The van der Waals surface area contributed by atoms with Crippen LogP contribution < -0.4 is 11.5 Å². The van der Waals surface area contributed by atoms with Crippen LogP contribution in [0.5, 0.6) is 0 Å². The van der Waals surface area contributed by atoms with Gasteiger partial charge in [-0.15, -0.1) is 23.5 Å². The number of hydrogen-bond acceptors (Lipinski definition) is 6. The number of primary amides is 2. The molecule has 2 fully saturated rings. The minimum Gasteiger partial charge on any atom is -0.369 e. The van der Waals surface area contributed by atoms with Gasteiger partial charge in [0, 0.05) is 22.9 Å². The highest BCUT2D eigenvalue weighted by Crippen LogP contribution is 2.45. The van der Waals surface area contributed by atoms with Gasteiger partial charge in [0.05, 0.1) is 0 Å². The van der Waals surface area contributed by atoms with Crippen LogP contribution in [0.25, 0.3) is 0 Å². The van der Waals surface area contributed by atoms with Crippen LogP contribution in [0.2, 0.25) is 0 Å². The SMILES string of the molecule is NC(=O)C(c1ccccc1)(c1ccccc1)[C@@H]1CCN(CCCSc2ccccc2)C1.NC(=O)C(c1ccccc1)(c1ccccc1)[C@H]1CCN(CCCSc2ccccc2)C1. The Balaban J connectivity index is 0.000000186. The minimum atomic E-state index is -0.796. The van der Waals surface area contributed by atoms with Gasteiger partial charge in [-0.25, -0.2) is 0 Å². The van der Waals surface area contributed by atoms with E-state index < -0.39 is 10.8 Å². The number of rotatable bonds is 18. The van der Waals surface area contributed by atoms with Crippen molar-refractivity contribution in [3.63, 3.8) is 0 Å². The molecule has 4 N–H and O–H groups in total. The van der Waals surface area contributed by atoms with E-state index in [1.54, 1.807) is 0 Å². The Labute approximate surface area is 377 Å². The predicted molar refractivity (Wildman–Crippen MR) is 258 cm³/mol. The molecule has 0 aliphatic carbocycles. The molecule has 2 saturated heterocycles. The molecule has 8 heteroatoms. The number of carbonyl (C=O) groups excluding carboxylic acids is 2. The van der Waals surface area contributed by atoms with Crippen LogP contribution >= 0.6 is 23.5 Å². The maximum atomic E-state index is 13.1. The van der Waals surface area contributed by atoms with Crippen LogP contribution in [0.3, 0.4) is 0 Å². The molecule has 8 rings (SSSR count).